The lowest BCUT2D eigenvalue weighted by Crippen LogP contribution is -2.39. The maximum atomic E-state index is 13.4. The van der Waals surface area contributed by atoms with E-state index in [0.717, 1.165) is 69.0 Å². The van der Waals surface area contributed by atoms with Crippen molar-refractivity contribution in [3.8, 4) is 5.88 Å². The van der Waals surface area contributed by atoms with E-state index in [-0.39, 0.29) is 16.9 Å². The quantitative estimate of drug-likeness (QED) is 0.415. The summed E-state index contributed by atoms with van der Waals surface area (Å²) in [5.74, 6) is 1.24. The van der Waals surface area contributed by atoms with Gasteiger partial charge in [0.15, 0.2) is 0 Å². The zero-order chi connectivity index (χ0) is 25.1. The number of carbonyl (C=O) groups excluding carboxylic acids is 1. The lowest BCUT2D eigenvalue weighted by atomic mass is 9.90. The number of carbonyl (C=O) groups is 1. The van der Waals surface area contributed by atoms with Crippen molar-refractivity contribution in [1.29, 1.82) is 0 Å². The number of amides is 1. The Balaban J connectivity index is 1.18. The number of nitrogens with zero attached hydrogens (tertiary/aromatic N) is 2. The summed E-state index contributed by atoms with van der Waals surface area (Å²) in [4.78, 5) is 31.3. The zero-order valence-electron chi connectivity index (χ0n) is 20.6. The van der Waals surface area contributed by atoms with Crippen LogP contribution in [0, 0.1) is 5.92 Å². The van der Waals surface area contributed by atoms with Crippen molar-refractivity contribution in [3.63, 3.8) is 0 Å². The van der Waals surface area contributed by atoms with Crippen molar-refractivity contribution >= 4 is 15.9 Å². The topological polar surface area (TPSA) is 112 Å². The van der Waals surface area contributed by atoms with Crippen LogP contribution in [-0.2, 0) is 21.3 Å². The third-order valence-electron chi connectivity index (χ3n) is 7.56. The predicted octanol–water partition coefficient (Wildman–Crippen LogP) is 4.34. The number of piperidine rings is 1. The fourth-order valence-electron chi connectivity index (χ4n) is 5.23. The summed E-state index contributed by atoms with van der Waals surface area (Å²) in [7, 11) is -3.68. The van der Waals surface area contributed by atoms with Gasteiger partial charge in [0.05, 0.1) is 4.90 Å². The molecule has 2 N–H and O–H groups in total. The molecule has 2 aliphatic carbocycles. The average Bonchev–Trinajstić information content (AvgIpc) is 3.74. The molecule has 0 bridgehead atoms. The molecule has 2 aromatic rings. The second kappa shape index (κ2) is 10.9. The van der Waals surface area contributed by atoms with Gasteiger partial charge in [-0.15, -0.1) is 0 Å². The van der Waals surface area contributed by atoms with Gasteiger partial charge in [0, 0.05) is 36.3 Å². The number of pyridine rings is 1. The van der Waals surface area contributed by atoms with Crippen LogP contribution < -0.4 is 10.0 Å². The van der Waals surface area contributed by atoms with Crippen molar-refractivity contribution in [3.05, 3.63) is 53.2 Å². The van der Waals surface area contributed by atoms with Gasteiger partial charge in [-0.05, 0) is 74.6 Å². The maximum absolute atomic E-state index is 13.4. The number of likely N-dealkylation sites (tertiary alicyclic amines) is 1. The SMILES string of the molecule is NS(=O)(=O)c1ccc(CC2CCN(C(=O)c3cc(OOC4CCCCC4)nc(C4CC4)c3)CC2)cc1. The first-order valence-corrected chi connectivity index (χ1v) is 14.7. The first-order chi connectivity index (χ1) is 17.3. The summed E-state index contributed by atoms with van der Waals surface area (Å²) in [5.41, 5.74) is 2.61. The van der Waals surface area contributed by atoms with Gasteiger partial charge < -0.3 is 9.79 Å². The van der Waals surface area contributed by atoms with E-state index >= 15 is 0 Å². The third kappa shape index (κ3) is 6.44. The first-order valence-electron chi connectivity index (χ1n) is 13.1. The van der Waals surface area contributed by atoms with Gasteiger partial charge >= 0.3 is 0 Å². The van der Waals surface area contributed by atoms with Gasteiger partial charge in [-0.1, -0.05) is 31.4 Å². The number of primary sulfonamides is 1. The standard InChI is InChI=1S/C27H35N3O5S/c28-36(32,33)24-10-6-19(7-11-24)16-20-12-14-30(15-13-20)27(31)22-17-25(21-8-9-21)29-26(18-22)35-34-23-4-2-1-3-5-23/h6-7,10-11,17-18,20-21,23H,1-5,8-9,12-16H2,(H2,28,32,33). The van der Waals surface area contributed by atoms with Crippen LogP contribution >= 0.6 is 0 Å². The van der Waals surface area contributed by atoms with Crippen LogP contribution in [0.4, 0.5) is 0 Å². The summed E-state index contributed by atoms with van der Waals surface area (Å²) >= 11 is 0. The molecule has 3 aliphatic rings. The highest BCUT2D eigenvalue weighted by molar-refractivity contribution is 7.89. The van der Waals surface area contributed by atoms with Crippen LogP contribution in [0.15, 0.2) is 41.3 Å². The summed E-state index contributed by atoms with van der Waals surface area (Å²) in [6.07, 6.45) is 10.5. The van der Waals surface area contributed by atoms with Crippen molar-refractivity contribution in [2.75, 3.05) is 13.1 Å². The second-order valence-electron chi connectivity index (χ2n) is 10.5. The molecule has 2 saturated carbocycles. The number of nitrogens with two attached hydrogens (primary N) is 1. The normalized spacial score (nSPS) is 19.9. The molecule has 194 valence electrons. The molecule has 0 unspecified atom stereocenters. The highest BCUT2D eigenvalue weighted by Gasteiger charge is 2.29. The van der Waals surface area contributed by atoms with Gasteiger partial charge in [0.1, 0.15) is 6.10 Å². The maximum Gasteiger partial charge on any atom is 0.257 e. The van der Waals surface area contributed by atoms with Crippen LogP contribution in [-0.4, -0.2) is 43.4 Å². The number of aromatic nitrogens is 1. The van der Waals surface area contributed by atoms with Crippen LogP contribution in [0.2, 0.25) is 0 Å². The Labute approximate surface area is 213 Å². The zero-order valence-corrected chi connectivity index (χ0v) is 21.4. The molecular formula is C27H35N3O5S. The van der Waals surface area contributed by atoms with E-state index in [1.54, 1.807) is 18.2 Å². The molecule has 3 fully saturated rings. The second-order valence-corrected chi connectivity index (χ2v) is 12.0. The van der Waals surface area contributed by atoms with Gasteiger partial charge in [-0.3, -0.25) is 4.79 Å². The Morgan fingerprint density at radius 2 is 1.67 bits per heavy atom. The molecule has 2 heterocycles. The summed E-state index contributed by atoms with van der Waals surface area (Å²) in [6, 6.07) is 10.4. The van der Waals surface area contributed by atoms with Gasteiger partial charge in [-0.2, -0.15) is 4.89 Å². The van der Waals surface area contributed by atoms with Crippen LogP contribution in [0.5, 0.6) is 5.88 Å². The molecule has 5 rings (SSSR count). The number of benzene rings is 1. The summed E-state index contributed by atoms with van der Waals surface area (Å²) in [5, 5.41) is 5.19. The number of rotatable bonds is 8. The molecule has 9 heteroatoms. The number of sulfonamides is 1. The average molecular weight is 514 g/mol. The van der Waals surface area contributed by atoms with E-state index in [4.69, 9.17) is 14.9 Å². The van der Waals surface area contributed by atoms with E-state index in [9.17, 15) is 13.2 Å². The minimum atomic E-state index is -3.68. The highest BCUT2D eigenvalue weighted by Crippen LogP contribution is 2.40. The largest absolute Gasteiger partial charge is 0.339 e. The molecule has 0 atom stereocenters. The van der Waals surface area contributed by atoms with E-state index in [1.165, 1.54) is 6.42 Å². The van der Waals surface area contributed by atoms with Crippen molar-refractivity contribution in [2.45, 2.75) is 81.1 Å². The Morgan fingerprint density at radius 1 is 0.972 bits per heavy atom. The monoisotopic (exact) mass is 513 g/mol. The molecule has 1 aliphatic heterocycles. The van der Waals surface area contributed by atoms with Crippen LogP contribution in [0.3, 0.4) is 0 Å². The van der Waals surface area contributed by atoms with Gasteiger partial charge in [-0.25, -0.2) is 18.5 Å². The van der Waals surface area contributed by atoms with Gasteiger partial charge in [0.2, 0.25) is 10.0 Å². The number of hydrogen-bond acceptors (Lipinski definition) is 6. The van der Waals surface area contributed by atoms with Crippen LogP contribution in [0.1, 0.15) is 85.3 Å². The van der Waals surface area contributed by atoms with E-state index in [1.807, 2.05) is 23.1 Å². The summed E-state index contributed by atoms with van der Waals surface area (Å²) < 4.78 is 22.9. The molecular weight excluding hydrogens is 478 g/mol. The minimum Gasteiger partial charge on any atom is -0.339 e. The minimum absolute atomic E-state index is 0.0118. The van der Waals surface area contributed by atoms with E-state index in [2.05, 4.69) is 4.98 Å². The predicted molar refractivity (Wildman–Crippen MR) is 135 cm³/mol. The molecule has 1 amide bonds. The fraction of sp³-hybridized carbons (Fsp3) is 0.556. The lowest BCUT2D eigenvalue weighted by Gasteiger charge is -2.32. The Kier molecular flexibility index (Phi) is 7.60. The molecule has 1 aromatic heterocycles. The molecule has 1 aromatic carbocycles. The molecule has 0 radical (unpaired) electrons. The van der Waals surface area contributed by atoms with Crippen molar-refractivity contribution < 1.29 is 23.0 Å². The Bertz CT molecular complexity index is 1170. The third-order valence-corrected chi connectivity index (χ3v) is 8.49. The van der Waals surface area contributed by atoms with Crippen molar-refractivity contribution in [1.82, 2.24) is 9.88 Å². The van der Waals surface area contributed by atoms with E-state index in [0.29, 0.717) is 36.4 Å². The smallest absolute Gasteiger partial charge is 0.257 e. The number of hydrogen-bond donors (Lipinski definition) is 1. The lowest BCUT2D eigenvalue weighted by molar-refractivity contribution is -0.253. The van der Waals surface area contributed by atoms with Crippen LogP contribution in [0.25, 0.3) is 0 Å². The Hall–Kier alpha value is -2.49. The fourth-order valence-corrected chi connectivity index (χ4v) is 5.75. The van der Waals surface area contributed by atoms with Crippen molar-refractivity contribution in [2.24, 2.45) is 11.1 Å². The highest BCUT2D eigenvalue weighted by atomic mass is 32.2. The molecule has 36 heavy (non-hydrogen) atoms. The Morgan fingerprint density at radius 3 is 2.31 bits per heavy atom. The molecule has 1 saturated heterocycles. The first kappa shape index (κ1) is 25.2. The molecule has 0 spiro atoms. The molecule has 8 nitrogen and oxygen atoms in total. The van der Waals surface area contributed by atoms with E-state index < -0.39 is 10.0 Å². The summed E-state index contributed by atoms with van der Waals surface area (Å²) in [6.45, 7) is 1.38. The van der Waals surface area contributed by atoms with Gasteiger partial charge in [0.25, 0.3) is 11.8 Å².